The molecule has 1 atom stereocenters. The largest absolute Gasteiger partial charge is 0.481 e. The van der Waals surface area contributed by atoms with Crippen LogP contribution in [0.3, 0.4) is 0 Å². The number of carbonyl (C=O) groups is 1. The first-order chi connectivity index (χ1) is 9.62. The number of hydrogen-bond donors (Lipinski definition) is 1. The lowest BCUT2D eigenvalue weighted by Crippen LogP contribution is -2.31. The lowest BCUT2D eigenvalue weighted by Gasteiger charge is -2.20. The van der Waals surface area contributed by atoms with E-state index >= 15 is 0 Å². The Balaban J connectivity index is 2.16. The molecule has 116 valence electrons. The Bertz CT molecular complexity index is 558. The van der Waals surface area contributed by atoms with Crippen LogP contribution in [0.2, 0.25) is 0 Å². The van der Waals surface area contributed by atoms with Gasteiger partial charge in [-0.25, -0.2) is 4.39 Å². The molecular weight excluding hydrogens is 290 g/mol. The van der Waals surface area contributed by atoms with Crippen LogP contribution in [0.1, 0.15) is 24.5 Å². The number of carboxylic acid groups (broad SMARTS) is 1. The lowest BCUT2D eigenvalue weighted by atomic mass is 9.90. The van der Waals surface area contributed by atoms with Gasteiger partial charge in [0.05, 0.1) is 11.0 Å². The minimum Gasteiger partial charge on any atom is -0.481 e. The van der Waals surface area contributed by atoms with E-state index in [0.717, 1.165) is 12.1 Å². The maximum absolute atomic E-state index is 13.7. The van der Waals surface area contributed by atoms with Gasteiger partial charge in [0.1, 0.15) is 5.82 Å². The summed E-state index contributed by atoms with van der Waals surface area (Å²) in [7, 11) is 0. The Hall–Kier alpha value is -1.63. The number of likely N-dealkylation sites (tertiary alicyclic amines) is 1. The normalized spacial score (nSPS) is 23.5. The summed E-state index contributed by atoms with van der Waals surface area (Å²) < 4.78 is 51.5. The van der Waals surface area contributed by atoms with E-state index in [1.807, 2.05) is 0 Å². The van der Waals surface area contributed by atoms with Gasteiger partial charge in [0.25, 0.3) is 0 Å². The van der Waals surface area contributed by atoms with Crippen molar-refractivity contribution in [3.05, 3.63) is 35.1 Å². The van der Waals surface area contributed by atoms with Crippen molar-refractivity contribution in [2.75, 3.05) is 13.1 Å². The molecule has 1 N–H and O–H groups in total. The molecule has 0 radical (unpaired) electrons. The number of hydrogen-bond acceptors (Lipinski definition) is 2. The summed E-state index contributed by atoms with van der Waals surface area (Å²) in [6.45, 7) is 2.16. The number of halogens is 4. The van der Waals surface area contributed by atoms with Gasteiger partial charge >= 0.3 is 12.1 Å². The van der Waals surface area contributed by atoms with Crippen LogP contribution < -0.4 is 0 Å². The summed E-state index contributed by atoms with van der Waals surface area (Å²) in [6, 6.07) is 2.28. The van der Waals surface area contributed by atoms with E-state index < -0.39 is 28.9 Å². The smallest absolute Gasteiger partial charge is 0.416 e. The molecule has 1 aliphatic heterocycles. The molecule has 3 nitrogen and oxygen atoms in total. The van der Waals surface area contributed by atoms with Gasteiger partial charge in [-0.05, 0) is 38.1 Å². The maximum Gasteiger partial charge on any atom is 0.416 e. The highest BCUT2D eigenvalue weighted by Gasteiger charge is 2.40. The van der Waals surface area contributed by atoms with Crippen molar-refractivity contribution in [2.45, 2.75) is 26.1 Å². The summed E-state index contributed by atoms with van der Waals surface area (Å²) in [5.74, 6) is -1.67. The fourth-order valence-corrected chi connectivity index (χ4v) is 2.48. The van der Waals surface area contributed by atoms with E-state index in [9.17, 15) is 22.4 Å². The minimum absolute atomic E-state index is 0.0291. The van der Waals surface area contributed by atoms with Crippen LogP contribution in [0.4, 0.5) is 17.6 Å². The highest BCUT2D eigenvalue weighted by atomic mass is 19.4. The summed E-state index contributed by atoms with van der Waals surface area (Å²) in [6.07, 6.45) is -4.13. The molecule has 1 aromatic rings. The number of alkyl halides is 3. The molecule has 1 unspecified atom stereocenters. The van der Waals surface area contributed by atoms with E-state index in [2.05, 4.69) is 0 Å². The van der Waals surface area contributed by atoms with Gasteiger partial charge in [-0.15, -0.1) is 0 Å². The quantitative estimate of drug-likeness (QED) is 0.872. The topological polar surface area (TPSA) is 40.5 Å². The highest BCUT2D eigenvalue weighted by Crippen LogP contribution is 2.33. The number of benzene rings is 1. The molecular formula is C14H15F4NO2. The average molecular weight is 305 g/mol. The molecule has 21 heavy (non-hydrogen) atoms. The summed E-state index contributed by atoms with van der Waals surface area (Å²) >= 11 is 0. The van der Waals surface area contributed by atoms with Crippen LogP contribution in [-0.4, -0.2) is 29.1 Å². The predicted molar refractivity (Wildman–Crippen MR) is 67.0 cm³/mol. The Morgan fingerprint density at radius 2 is 2.10 bits per heavy atom. The van der Waals surface area contributed by atoms with Gasteiger partial charge in [-0.2, -0.15) is 13.2 Å². The molecule has 0 aromatic heterocycles. The van der Waals surface area contributed by atoms with Crippen molar-refractivity contribution in [2.24, 2.45) is 5.41 Å². The summed E-state index contributed by atoms with van der Waals surface area (Å²) in [5.41, 5.74) is -1.91. The van der Waals surface area contributed by atoms with Crippen LogP contribution >= 0.6 is 0 Å². The summed E-state index contributed by atoms with van der Waals surface area (Å²) in [4.78, 5) is 12.8. The van der Waals surface area contributed by atoms with Crippen molar-refractivity contribution in [3.63, 3.8) is 0 Å². The van der Waals surface area contributed by atoms with Gasteiger partial charge in [-0.1, -0.05) is 0 Å². The molecule has 0 spiro atoms. The molecule has 1 fully saturated rings. The fourth-order valence-electron chi connectivity index (χ4n) is 2.48. The van der Waals surface area contributed by atoms with Gasteiger partial charge in [0, 0.05) is 18.7 Å². The zero-order chi connectivity index (χ0) is 15.8. The number of nitrogens with zero attached hydrogens (tertiary/aromatic N) is 1. The van der Waals surface area contributed by atoms with Gasteiger partial charge in [0.2, 0.25) is 0 Å². The molecule has 1 saturated heterocycles. The summed E-state index contributed by atoms with van der Waals surface area (Å²) in [5, 5.41) is 9.11. The first-order valence-electron chi connectivity index (χ1n) is 6.43. The Morgan fingerprint density at radius 1 is 1.43 bits per heavy atom. The molecule has 2 rings (SSSR count). The minimum atomic E-state index is -4.52. The number of aliphatic carboxylic acids is 1. The van der Waals surface area contributed by atoms with Crippen LogP contribution in [0.5, 0.6) is 0 Å². The third kappa shape index (κ3) is 3.34. The molecule has 0 amide bonds. The SMILES string of the molecule is CC1(C(=O)O)CCN(Cc2cc(C(F)(F)F)ccc2F)C1. The van der Waals surface area contributed by atoms with E-state index in [4.69, 9.17) is 5.11 Å². The van der Waals surface area contributed by atoms with Crippen molar-refractivity contribution in [1.29, 1.82) is 0 Å². The Kier molecular flexibility index (Phi) is 3.97. The van der Waals surface area contributed by atoms with Crippen LogP contribution in [0.15, 0.2) is 18.2 Å². The zero-order valence-corrected chi connectivity index (χ0v) is 11.4. The zero-order valence-electron chi connectivity index (χ0n) is 11.4. The predicted octanol–water partition coefficient (Wildman–Crippen LogP) is 3.14. The first kappa shape index (κ1) is 15.8. The second-order valence-corrected chi connectivity index (χ2v) is 5.63. The number of rotatable bonds is 3. The molecule has 0 saturated carbocycles. The van der Waals surface area contributed by atoms with Crippen molar-refractivity contribution in [1.82, 2.24) is 4.90 Å². The van der Waals surface area contributed by atoms with Crippen LogP contribution in [-0.2, 0) is 17.5 Å². The van der Waals surface area contributed by atoms with Crippen LogP contribution in [0.25, 0.3) is 0 Å². The van der Waals surface area contributed by atoms with Gasteiger partial charge < -0.3 is 5.11 Å². The molecule has 0 bridgehead atoms. The standard InChI is InChI=1S/C14H15F4NO2/c1-13(12(20)21)4-5-19(8-13)7-9-6-10(14(16,17)18)2-3-11(9)15/h2-3,6H,4-5,7-8H2,1H3,(H,20,21). The van der Waals surface area contributed by atoms with Crippen molar-refractivity contribution in [3.8, 4) is 0 Å². The molecule has 1 aliphatic rings. The molecule has 0 aliphatic carbocycles. The third-order valence-electron chi connectivity index (χ3n) is 3.84. The molecule has 7 heteroatoms. The van der Waals surface area contributed by atoms with E-state index in [0.29, 0.717) is 19.0 Å². The van der Waals surface area contributed by atoms with Crippen molar-refractivity contribution < 1.29 is 27.5 Å². The first-order valence-corrected chi connectivity index (χ1v) is 6.43. The second-order valence-electron chi connectivity index (χ2n) is 5.63. The van der Waals surface area contributed by atoms with E-state index in [-0.39, 0.29) is 18.7 Å². The van der Waals surface area contributed by atoms with Gasteiger partial charge in [-0.3, -0.25) is 9.69 Å². The Morgan fingerprint density at radius 3 is 2.62 bits per heavy atom. The van der Waals surface area contributed by atoms with Crippen LogP contribution in [0, 0.1) is 11.2 Å². The van der Waals surface area contributed by atoms with E-state index in [1.165, 1.54) is 0 Å². The lowest BCUT2D eigenvalue weighted by molar-refractivity contribution is -0.147. The fraction of sp³-hybridized carbons (Fsp3) is 0.500. The average Bonchev–Trinajstić information content (AvgIpc) is 2.74. The highest BCUT2D eigenvalue weighted by molar-refractivity contribution is 5.74. The third-order valence-corrected chi connectivity index (χ3v) is 3.84. The molecule has 1 heterocycles. The van der Waals surface area contributed by atoms with E-state index in [1.54, 1.807) is 11.8 Å². The molecule has 1 aromatic carbocycles. The van der Waals surface area contributed by atoms with Gasteiger partial charge in [0.15, 0.2) is 0 Å². The maximum atomic E-state index is 13.7. The number of carboxylic acids is 1. The Labute approximate surface area is 119 Å². The van der Waals surface area contributed by atoms with Crippen molar-refractivity contribution >= 4 is 5.97 Å². The monoisotopic (exact) mass is 305 g/mol. The second kappa shape index (κ2) is 5.29.